The van der Waals surface area contributed by atoms with Crippen molar-refractivity contribution in [3.8, 4) is 0 Å². The fraction of sp³-hybridized carbons (Fsp3) is 0.0435. The number of hydrogen-bond acceptors (Lipinski definition) is 2. The molecular weight excluding hydrogens is 340 g/mol. The maximum atomic E-state index is 2.31. The van der Waals surface area contributed by atoms with Gasteiger partial charge in [-0.1, -0.05) is 48.5 Å². The van der Waals surface area contributed by atoms with Gasteiger partial charge < -0.3 is 0 Å². The molecule has 25 heavy (non-hydrogen) atoms. The molecule has 118 valence electrons. The molecule has 0 aliphatic heterocycles. The summed E-state index contributed by atoms with van der Waals surface area (Å²) in [6, 6.07) is 22.8. The van der Waals surface area contributed by atoms with Gasteiger partial charge in [0, 0.05) is 25.0 Å². The van der Waals surface area contributed by atoms with Crippen LogP contribution in [0.15, 0.2) is 66.0 Å². The third-order valence-corrected chi connectivity index (χ3v) is 7.28. The second-order valence-electron chi connectivity index (χ2n) is 6.66. The summed E-state index contributed by atoms with van der Waals surface area (Å²) in [6.07, 6.45) is 0. The lowest BCUT2D eigenvalue weighted by Gasteiger charge is -2.09. The molecule has 0 amide bonds. The molecule has 6 rings (SSSR count). The van der Waals surface area contributed by atoms with Gasteiger partial charge in [-0.3, -0.25) is 0 Å². The Balaban J connectivity index is 1.83. The van der Waals surface area contributed by atoms with Gasteiger partial charge in [0.2, 0.25) is 0 Å². The van der Waals surface area contributed by atoms with Gasteiger partial charge in [-0.15, -0.1) is 22.7 Å². The molecule has 0 radical (unpaired) electrons. The molecule has 0 bridgehead atoms. The summed E-state index contributed by atoms with van der Waals surface area (Å²) >= 11 is 3.73. The first-order valence-corrected chi connectivity index (χ1v) is 10.1. The Morgan fingerprint density at radius 2 is 1.12 bits per heavy atom. The Labute approximate surface area is 152 Å². The SMILES string of the molecule is Cc1cc2ccc3c4ccc5c(ccc6ccsc65)c4ccc3c2s1. The van der Waals surface area contributed by atoms with E-state index in [0.717, 1.165) is 0 Å². The molecule has 4 aromatic carbocycles. The van der Waals surface area contributed by atoms with E-state index in [1.807, 2.05) is 22.7 Å². The zero-order valence-corrected chi connectivity index (χ0v) is 15.3. The molecule has 0 unspecified atom stereocenters. The van der Waals surface area contributed by atoms with Crippen LogP contribution in [0.3, 0.4) is 0 Å². The fourth-order valence-corrected chi connectivity index (χ4v) is 6.06. The standard InChI is InChI=1S/C23H14S2/c1-13-12-15-3-5-19-17-6-8-20-18(4-2-14-10-11-24-22(14)20)16(17)7-9-21(19)23(15)25-13/h2-12H,1H3. The molecule has 0 saturated carbocycles. The van der Waals surface area contributed by atoms with E-state index in [-0.39, 0.29) is 0 Å². The lowest BCUT2D eigenvalue weighted by Crippen LogP contribution is -1.81. The first kappa shape index (κ1) is 13.8. The molecule has 0 nitrogen and oxygen atoms in total. The van der Waals surface area contributed by atoms with Crippen LogP contribution >= 0.6 is 22.7 Å². The largest absolute Gasteiger partial charge is 0.143 e. The maximum absolute atomic E-state index is 2.31. The van der Waals surface area contributed by atoms with E-state index in [1.165, 1.54) is 57.4 Å². The molecule has 0 atom stereocenters. The van der Waals surface area contributed by atoms with E-state index >= 15 is 0 Å². The highest BCUT2D eigenvalue weighted by Crippen LogP contribution is 2.39. The summed E-state index contributed by atoms with van der Waals surface area (Å²) in [5.41, 5.74) is 0. The van der Waals surface area contributed by atoms with Crippen molar-refractivity contribution >= 4 is 75.2 Å². The van der Waals surface area contributed by atoms with Crippen LogP contribution in [0.5, 0.6) is 0 Å². The van der Waals surface area contributed by atoms with E-state index < -0.39 is 0 Å². The third-order valence-electron chi connectivity index (χ3n) is 5.21. The average Bonchev–Trinajstić information content (AvgIpc) is 3.25. The van der Waals surface area contributed by atoms with Gasteiger partial charge in [0.1, 0.15) is 0 Å². The zero-order chi connectivity index (χ0) is 16.5. The minimum Gasteiger partial charge on any atom is -0.143 e. The molecule has 6 aromatic rings. The molecule has 0 fully saturated rings. The van der Waals surface area contributed by atoms with Crippen LogP contribution in [0.2, 0.25) is 0 Å². The van der Waals surface area contributed by atoms with Crippen LogP contribution in [0, 0.1) is 6.92 Å². The lowest BCUT2D eigenvalue weighted by molar-refractivity contribution is 1.66. The average molecular weight is 354 g/mol. The highest BCUT2D eigenvalue weighted by atomic mass is 32.1. The maximum Gasteiger partial charge on any atom is 0.0424 e. The molecule has 0 aliphatic carbocycles. The van der Waals surface area contributed by atoms with Crippen LogP contribution in [0.25, 0.3) is 52.5 Å². The smallest absolute Gasteiger partial charge is 0.0424 e. The predicted octanol–water partition coefficient (Wildman–Crippen LogP) is 7.88. The highest BCUT2D eigenvalue weighted by molar-refractivity contribution is 7.20. The van der Waals surface area contributed by atoms with Gasteiger partial charge >= 0.3 is 0 Å². The molecule has 0 N–H and O–H groups in total. The summed E-state index contributed by atoms with van der Waals surface area (Å²) in [7, 11) is 0. The number of rotatable bonds is 0. The van der Waals surface area contributed by atoms with Gasteiger partial charge in [0.05, 0.1) is 0 Å². The van der Waals surface area contributed by atoms with Crippen molar-refractivity contribution in [2.24, 2.45) is 0 Å². The van der Waals surface area contributed by atoms with Crippen LogP contribution in [0.4, 0.5) is 0 Å². The van der Waals surface area contributed by atoms with Gasteiger partial charge in [-0.25, -0.2) is 0 Å². The lowest BCUT2D eigenvalue weighted by atomic mass is 9.96. The van der Waals surface area contributed by atoms with Crippen LogP contribution < -0.4 is 0 Å². The molecule has 2 aromatic heterocycles. The van der Waals surface area contributed by atoms with Crippen LogP contribution in [0.1, 0.15) is 4.88 Å². The number of benzene rings is 4. The van der Waals surface area contributed by atoms with Crippen molar-refractivity contribution in [1.82, 2.24) is 0 Å². The van der Waals surface area contributed by atoms with Crippen LogP contribution in [-0.4, -0.2) is 0 Å². The van der Waals surface area contributed by atoms with E-state index in [0.29, 0.717) is 0 Å². The fourth-order valence-electron chi connectivity index (χ4n) is 4.09. The Bertz CT molecular complexity index is 1450. The minimum atomic E-state index is 1.34. The zero-order valence-electron chi connectivity index (χ0n) is 13.7. The quantitative estimate of drug-likeness (QED) is 0.243. The number of aryl methyl sites for hydroxylation is 1. The van der Waals surface area contributed by atoms with Crippen molar-refractivity contribution in [3.05, 3.63) is 70.9 Å². The summed E-state index contributed by atoms with van der Waals surface area (Å²) in [6.45, 7) is 2.19. The molecule has 2 heteroatoms. The second-order valence-corrected chi connectivity index (χ2v) is 8.83. The van der Waals surface area contributed by atoms with Crippen molar-refractivity contribution in [2.75, 3.05) is 0 Å². The van der Waals surface area contributed by atoms with E-state index in [1.54, 1.807) is 0 Å². The monoisotopic (exact) mass is 354 g/mol. The number of fused-ring (bicyclic) bond motifs is 9. The highest BCUT2D eigenvalue weighted by Gasteiger charge is 2.10. The summed E-state index contributed by atoms with van der Waals surface area (Å²) in [4.78, 5) is 1.38. The van der Waals surface area contributed by atoms with E-state index in [2.05, 4.69) is 73.0 Å². The summed E-state index contributed by atoms with van der Waals surface area (Å²) in [5, 5.41) is 13.1. The van der Waals surface area contributed by atoms with Gasteiger partial charge in [-0.05, 0) is 56.8 Å². The molecule has 0 aliphatic rings. The van der Waals surface area contributed by atoms with Gasteiger partial charge in [0.25, 0.3) is 0 Å². The Hall–Kier alpha value is -2.42. The van der Waals surface area contributed by atoms with Crippen molar-refractivity contribution in [1.29, 1.82) is 0 Å². The molecule has 0 spiro atoms. The van der Waals surface area contributed by atoms with E-state index in [9.17, 15) is 0 Å². The first-order chi connectivity index (χ1) is 12.3. The van der Waals surface area contributed by atoms with Gasteiger partial charge in [0.15, 0.2) is 0 Å². The molecule has 0 saturated heterocycles. The van der Waals surface area contributed by atoms with Crippen molar-refractivity contribution in [2.45, 2.75) is 6.92 Å². The third kappa shape index (κ3) is 1.81. The molecule has 2 heterocycles. The second kappa shape index (κ2) is 4.81. The summed E-state index contributed by atoms with van der Waals surface area (Å²) < 4.78 is 2.80. The predicted molar refractivity (Wildman–Crippen MR) is 114 cm³/mol. The number of hydrogen-bond donors (Lipinski definition) is 0. The topological polar surface area (TPSA) is 0 Å². The van der Waals surface area contributed by atoms with Crippen molar-refractivity contribution in [3.63, 3.8) is 0 Å². The first-order valence-electron chi connectivity index (χ1n) is 8.44. The van der Waals surface area contributed by atoms with E-state index in [4.69, 9.17) is 0 Å². The Kier molecular flexibility index (Phi) is 2.66. The van der Waals surface area contributed by atoms with Crippen LogP contribution in [-0.2, 0) is 0 Å². The van der Waals surface area contributed by atoms with Crippen molar-refractivity contribution < 1.29 is 0 Å². The van der Waals surface area contributed by atoms with Gasteiger partial charge in [-0.2, -0.15) is 0 Å². The Morgan fingerprint density at radius 3 is 1.88 bits per heavy atom. The Morgan fingerprint density at radius 1 is 0.560 bits per heavy atom. The molecular formula is C23H14S2. The summed E-state index contributed by atoms with van der Waals surface area (Å²) in [5.74, 6) is 0. The normalized spacial score (nSPS) is 12.2. The number of thiophene rings is 2. The minimum absolute atomic E-state index is 1.34.